The highest BCUT2D eigenvalue weighted by molar-refractivity contribution is 7.09. The van der Waals surface area contributed by atoms with Gasteiger partial charge in [0.2, 0.25) is 5.28 Å². The summed E-state index contributed by atoms with van der Waals surface area (Å²) in [6, 6.07) is 3.26. The Bertz CT molecular complexity index is 900. The van der Waals surface area contributed by atoms with Crippen molar-refractivity contribution in [3.05, 3.63) is 38.4 Å². The fourth-order valence-corrected chi connectivity index (χ4v) is 3.70. The average molecular weight is 418 g/mol. The molecule has 10 heteroatoms. The predicted octanol–water partition coefficient (Wildman–Crippen LogP) is 3.95. The summed E-state index contributed by atoms with van der Waals surface area (Å²) in [4.78, 5) is 5.39. The molecule has 140 valence electrons. The van der Waals surface area contributed by atoms with Crippen LogP contribution in [-0.2, 0) is 13.0 Å². The third kappa shape index (κ3) is 3.73. The van der Waals surface area contributed by atoms with E-state index in [1.165, 1.54) is 18.5 Å². The Labute approximate surface area is 164 Å². The van der Waals surface area contributed by atoms with E-state index in [4.69, 9.17) is 33.7 Å². The van der Waals surface area contributed by atoms with E-state index in [-0.39, 0.29) is 16.9 Å². The SMILES string of the molecule is COc1c(C[C@@H](N)[C@H](C)F)c(Cl)n2nc(Cl)nc(NCc3cccs3)c12. The van der Waals surface area contributed by atoms with Crippen LogP contribution < -0.4 is 15.8 Å². The van der Waals surface area contributed by atoms with Gasteiger partial charge in [0.25, 0.3) is 0 Å². The second-order valence-electron chi connectivity index (χ2n) is 5.77. The third-order valence-electron chi connectivity index (χ3n) is 3.99. The van der Waals surface area contributed by atoms with Gasteiger partial charge >= 0.3 is 0 Å². The molecule has 0 aliphatic heterocycles. The van der Waals surface area contributed by atoms with E-state index in [9.17, 15) is 4.39 Å². The molecular weight excluding hydrogens is 400 g/mol. The highest BCUT2D eigenvalue weighted by atomic mass is 35.5. The molecule has 3 aromatic heterocycles. The van der Waals surface area contributed by atoms with Crippen molar-refractivity contribution in [2.24, 2.45) is 5.73 Å². The van der Waals surface area contributed by atoms with Gasteiger partial charge in [-0.1, -0.05) is 17.7 Å². The maximum atomic E-state index is 13.5. The van der Waals surface area contributed by atoms with E-state index < -0.39 is 12.2 Å². The fraction of sp³-hybridized carbons (Fsp3) is 0.375. The molecule has 3 heterocycles. The van der Waals surface area contributed by atoms with Crippen LogP contribution in [0.4, 0.5) is 10.2 Å². The Balaban J connectivity index is 2.07. The molecule has 0 bridgehead atoms. The standard InChI is InChI=1S/C16H18Cl2FN5OS/c1-8(19)11(20)6-10-13(25-2)12-15(21-7-9-4-3-5-26-9)22-16(18)23-24(12)14(10)17/h3-5,8,11H,6-7,20H2,1-2H3,(H,21,22,23)/t8-,11+/m0/s1. The van der Waals surface area contributed by atoms with Gasteiger partial charge in [0.1, 0.15) is 11.3 Å². The minimum atomic E-state index is -1.19. The van der Waals surface area contributed by atoms with Gasteiger partial charge in [0.05, 0.1) is 13.7 Å². The van der Waals surface area contributed by atoms with E-state index in [1.807, 2.05) is 17.5 Å². The molecule has 0 aliphatic carbocycles. The molecule has 0 spiro atoms. The number of ether oxygens (including phenoxy) is 1. The number of hydrogen-bond donors (Lipinski definition) is 2. The number of fused-ring (bicyclic) bond motifs is 1. The van der Waals surface area contributed by atoms with Gasteiger partial charge in [-0.15, -0.1) is 16.4 Å². The minimum Gasteiger partial charge on any atom is -0.494 e. The van der Waals surface area contributed by atoms with Gasteiger partial charge in [-0.05, 0) is 36.4 Å². The second-order valence-corrected chi connectivity index (χ2v) is 7.50. The van der Waals surface area contributed by atoms with Crippen LogP contribution in [0.1, 0.15) is 17.4 Å². The summed E-state index contributed by atoms with van der Waals surface area (Å²) in [7, 11) is 1.51. The maximum absolute atomic E-state index is 13.5. The van der Waals surface area contributed by atoms with Crippen LogP contribution in [0, 0.1) is 0 Å². The first-order chi connectivity index (χ1) is 12.4. The molecule has 0 amide bonds. The highest BCUT2D eigenvalue weighted by Crippen LogP contribution is 2.38. The van der Waals surface area contributed by atoms with E-state index in [1.54, 1.807) is 11.3 Å². The number of anilines is 1. The van der Waals surface area contributed by atoms with Crippen molar-refractivity contribution >= 4 is 45.9 Å². The number of nitrogens with one attached hydrogen (secondary N) is 1. The van der Waals surface area contributed by atoms with Gasteiger partial charge < -0.3 is 15.8 Å². The Morgan fingerprint density at radius 3 is 2.85 bits per heavy atom. The van der Waals surface area contributed by atoms with Crippen molar-refractivity contribution in [1.29, 1.82) is 0 Å². The predicted molar refractivity (Wildman–Crippen MR) is 103 cm³/mol. The summed E-state index contributed by atoms with van der Waals surface area (Å²) in [5, 5.41) is 9.68. The van der Waals surface area contributed by atoms with Crippen LogP contribution in [0.15, 0.2) is 17.5 Å². The maximum Gasteiger partial charge on any atom is 0.243 e. The van der Waals surface area contributed by atoms with E-state index in [0.717, 1.165) is 4.88 Å². The monoisotopic (exact) mass is 417 g/mol. The second kappa shape index (κ2) is 7.96. The summed E-state index contributed by atoms with van der Waals surface area (Å²) in [6.45, 7) is 1.97. The van der Waals surface area contributed by atoms with Crippen molar-refractivity contribution in [3.8, 4) is 5.75 Å². The smallest absolute Gasteiger partial charge is 0.243 e. The van der Waals surface area contributed by atoms with Gasteiger partial charge in [0, 0.05) is 16.5 Å². The van der Waals surface area contributed by atoms with E-state index >= 15 is 0 Å². The topological polar surface area (TPSA) is 77.5 Å². The number of aromatic nitrogens is 3. The molecule has 6 nitrogen and oxygen atoms in total. The van der Waals surface area contributed by atoms with Crippen LogP contribution in [0.5, 0.6) is 5.75 Å². The fourth-order valence-electron chi connectivity index (χ4n) is 2.61. The molecule has 2 atom stereocenters. The Morgan fingerprint density at radius 1 is 1.46 bits per heavy atom. The number of rotatable bonds is 7. The van der Waals surface area contributed by atoms with E-state index in [0.29, 0.717) is 29.2 Å². The summed E-state index contributed by atoms with van der Waals surface area (Å²) in [5.41, 5.74) is 6.98. The molecule has 3 aromatic rings. The molecule has 0 aliphatic rings. The van der Waals surface area contributed by atoms with Crippen molar-refractivity contribution < 1.29 is 9.13 Å². The summed E-state index contributed by atoms with van der Waals surface area (Å²) >= 11 is 14.1. The number of thiophene rings is 1. The number of nitrogens with two attached hydrogens (primary N) is 1. The van der Waals surface area contributed by atoms with E-state index in [2.05, 4.69) is 15.4 Å². The molecule has 3 N–H and O–H groups in total. The Hall–Kier alpha value is -1.61. The van der Waals surface area contributed by atoms with Crippen molar-refractivity contribution in [1.82, 2.24) is 14.6 Å². The number of methoxy groups -OCH3 is 1. The molecular formula is C16H18Cl2FN5OS. The number of halogens is 3. The highest BCUT2D eigenvalue weighted by Gasteiger charge is 2.26. The lowest BCUT2D eigenvalue weighted by Crippen LogP contribution is -2.31. The van der Waals surface area contributed by atoms with Crippen molar-refractivity contribution in [2.75, 3.05) is 12.4 Å². The van der Waals surface area contributed by atoms with Gasteiger partial charge in [0.15, 0.2) is 17.1 Å². The lowest BCUT2D eigenvalue weighted by molar-refractivity contribution is 0.302. The molecule has 0 aromatic carbocycles. The van der Waals surface area contributed by atoms with Crippen molar-refractivity contribution in [2.45, 2.75) is 32.1 Å². The molecule has 0 fully saturated rings. The molecule has 3 rings (SSSR count). The van der Waals surface area contributed by atoms with Crippen LogP contribution >= 0.6 is 34.5 Å². The number of hydrogen-bond acceptors (Lipinski definition) is 6. The largest absolute Gasteiger partial charge is 0.494 e. The van der Waals surface area contributed by atoms with Crippen molar-refractivity contribution in [3.63, 3.8) is 0 Å². The number of alkyl halides is 1. The van der Waals surface area contributed by atoms with Gasteiger partial charge in [-0.2, -0.15) is 4.98 Å². The number of nitrogens with zero attached hydrogens (tertiary/aromatic N) is 3. The zero-order valence-corrected chi connectivity index (χ0v) is 16.5. The first-order valence-corrected chi connectivity index (χ1v) is 9.52. The molecule has 0 radical (unpaired) electrons. The molecule has 0 unspecified atom stereocenters. The summed E-state index contributed by atoms with van der Waals surface area (Å²) in [6.07, 6.45) is -0.991. The zero-order valence-electron chi connectivity index (χ0n) is 14.2. The molecule has 0 saturated heterocycles. The lowest BCUT2D eigenvalue weighted by Gasteiger charge is -2.13. The van der Waals surface area contributed by atoms with Crippen LogP contribution in [0.25, 0.3) is 5.52 Å². The minimum absolute atomic E-state index is 0.0282. The average Bonchev–Trinajstić information content (AvgIpc) is 3.20. The quantitative estimate of drug-likeness (QED) is 0.608. The van der Waals surface area contributed by atoms with Crippen LogP contribution in [-0.4, -0.2) is 33.9 Å². The van der Waals surface area contributed by atoms with Crippen LogP contribution in [0.3, 0.4) is 0 Å². The Kier molecular flexibility index (Phi) is 5.86. The first-order valence-electron chi connectivity index (χ1n) is 7.88. The normalized spacial score (nSPS) is 13.8. The summed E-state index contributed by atoms with van der Waals surface area (Å²) < 4.78 is 20.5. The Morgan fingerprint density at radius 2 is 2.23 bits per heavy atom. The third-order valence-corrected chi connectivity index (χ3v) is 5.42. The zero-order chi connectivity index (χ0) is 18.8. The van der Waals surface area contributed by atoms with Gasteiger partial charge in [-0.3, -0.25) is 0 Å². The van der Waals surface area contributed by atoms with Gasteiger partial charge in [-0.25, -0.2) is 8.91 Å². The molecule has 26 heavy (non-hydrogen) atoms. The lowest BCUT2D eigenvalue weighted by atomic mass is 10.1. The first kappa shape index (κ1) is 19.2. The van der Waals surface area contributed by atoms with Crippen LogP contribution in [0.2, 0.25) is 10.4 Å². The summed E-state index contributed by atoms with van der Waals surface area (Å²) in [5.74, 6) is 0.932. The molecule has 0 saturated carbocycles.